The fourth-order valence-corrected chi connectivity index (χ4v) is 5.15. The number of rotatable bonds is 10. The van der Waals surface area contributed by atoms with Gasteiger partial charge in [0.15, 0.2) is 12.4 Å². The molecule has 2 amide bonds. The molecule has 8 nitrogen and oxygen atoms in total. The number of ketones is 1. The number of nitrogens with one attached hydrogen (secondary N) is 1. The van der Waals surface area contributed by atoms with Gasteiger partial charge in [0, 0.05) is 22.7 Å². The average Bonchev–Trinajstić information content (AvgIpc) is 3.52. The van der Waals surface area contributed by atoms with Crippen LogP contribution in [0.5, 0.6) is 0 Å². The van der Waals surface area contributed by atoms with Crippen molar-refractivity contribution in [1.29, 1.82) is 0 Å². The maximum absolute atomic E-state index is 12.8. The van der Waals surface area contributed by atoms with Crippen molar-refractivity contribution in [1.82, 2.24) is 4.90 Å². The van der Waals surface area contributed by atoms with Gasteiger partial charge in [-0.1, -0.05) is 60.7 Å². The number of thiophene rings is 1. The Kier molecular flexibility index (Phi) is 8.98. The topological polar surface area (TPSA) is 102 Å². The minimum Gasteiger partial charge on any atom is -0.454 e. The van der Waals surface area contributed by atoms with E-state index in [2.05, 4.69) is 5.32 Å². The van der Waals surface area contributed by atoms with Crippen LogP contribution in [0.2, 0.25) is 0 Å². The maximum Gasteiger partial charge on any atom is 0.338 e. The molecule has 1 aliphatic rings. The molecular weight excluding hydrogens is 540 g/mol. The van der Waals surface area contributed by atoms with Gasteiger partial charge >= 0.3 is 5.97 Å². The summed E-state index contributed by atoms with van der Waals surface area (Å²) in [5.74, 6) is -1.54. The molecule has 2 heterocycles. The summed E-state index contributed by atoms with van der Waals surface area (Å²) in [6.07, 6.45) is -0.956. The van der Waals surface area contributed by atoms with Crippen LogP contribution in [0.4, 0.5) is 5.69 Å². The summed E-state index contributed by atoms with van der Waals surface area (Å²) < 4.78 is 10.8. The number of hydrogen-bond donors (Lipinski definition) is 1. The molecule has 0 spiro atoms. The molecule has 41 heavy (non-hydrogen) atoms. The molecule has 0 bridgehead atoms. The van der Waals surface area contributed by atoms with Crippen LogP contribution in [0.1, 0.15) is 32.0 Å². The Morgan fingerprint density at radius 2 is 1.59 bits per heavy atom. The fraction of sp³-hybridized carbons (Fsp3) is 0.188. The molecule has 0 aliphatic carbocycles. The smallest absolute Gasteiger partial charge is 0.338 e. The molecule has 1 atom stereocenters. The lowest BCUT2D eigenvalue weighted by molar-refractivity contribution is -0.155. The summed E-state index contributed by atoms with van der Waals surface area (Å²) >= 11 is 1.58. The Balaban J connectivity index is 1.08. The number of morpholine rings is 1. The van der Waals surface area contributed by atoms with Crippen molar-refractivity contribution in [2.24, 2.45) is 0 Å². The van der Waals surface area contributed by atoms with Gasteiger partial charge < -0.3 is 19.7 Å². The number of carbonyl (C=O) groups excluding carboxylic acids is 4. The zero-order valence-corrected chi connectivity index (χ0v) is 23.0. The standard InChI is InChI=1S/C32H28N2O6S/c35-28(24-10-8-23(9-11-24)22-5-2-1-3-6-22)21-40-32(38)25-12-14-26(15-13-25)33-30(36)19-29-31(37)34(16-17-39-29)20-27-7-4-18-41-27/h1-15,18,29H,16-17,19-21H2,(H,33,36). The van der Waals surface area contributed by atoms with Crippen molar-refractivity contribution in [3.05, 3.63) is 112 Å². The van der Waals surface area contributed by atoms with Crippen LogP contribution in [-0.4, -0.2) is 54.3 Å². The monoisotopic (exact) mass is 568 g/mol. The number of hydrogen-bond acceptors (Lipinski definition) is 7. The molecule has 1 N–H and O–H groups in total. The van der Waals surface area contributed by atoms with Crippen LogP contribution in [0, 0.1) is 0 Å². The largest absolute Gasteiger partial charge is 0.454 e. The highest BCUT2D eigenvalue weighted by Gasteiger charge is 2.31. The second-order valence-electron chi connectivity index (χ2n) is 9.47. The normalized spacial score (nSPS) is 14.9. The minimum absolute atomic E-state index is 0.113. The van der Waals surface area contributed by atoms with Gasteiger partial charge in [0.1, 0.15) is 6.10 Å². The number of nitrogens with zero attached hydrogens (tertiary/aromatic N) is 1. The lowest BCUT2D eigenvalue weighted by Gasteiger charge is -2.32. The molecule has 9 heteroatoms. The van der Waals surface area contributed by atoms with Crippen LogP contribution in [0.15, 0.2) is 96.4 Å². The Hall–Kier alpha value is -4.60. The van der Waals surface area contributed by atoms with Gasteiger partial charge in [-0.25, -0.2) is 4.79 Å². The molecule has 5 rings (SSSR count). The average molecular weight is 569 g/mol. The quantitative estimate of drug-likeness (QED) is 0.208. The van der Waals surface area contributed by atoms with Crippen molar-refractivity contribution in [2.45, 2.75) is 19.1 Å². The van der Waals surface area contributed by atoms with Crippen LogP contribution < -0.4 is 5.32 Å². The predicted octanol–water partition coefficient (Wildman–Crippen LogP) is 5.21. The van der Waals surface area contributed by atoms with Crippen molar-refractivity contribution in [3.8, 4) is 11.1 Å². The van der Waals surface area contributed by atoms with Gasteiger partial charge in [-0.3, -0.25) is 14.4 Å². The highest BCUT2D eigenvalue weighted by molar-refractivity contribution is 7.09. The Labute approximate surface area is 241 Å². The fourth-order valence-electron chi connectivity index (χ4n) is 4.43. The minimum atomic E-state index is -0.843. The molecule has 208 valence electrons. The van der Waals surface area contributed by atoms with Crippen molar-refractivity contribution in [2.75, 3.05) is 25.1 Å². The first-order valence-corrected chi connectivity index (χ1v) is 14.0. The lowest BCUT2D eigenvalue weighted by atomic mass is 10.0. The Morgan fingerprint density at radius 3 is 2.29 bits per heavy atom. The Morgan fingerprint density at radius 1 is 0.878 bits per heavy atom. The first-order chi connectivity index (χ1) is 20.0. The first-order valence-electron chi connectivity index (χ1n) is 13.1. The number of carbonyl (C=O) groups is 4. The summed E-state index contributed by atoms with van der Waals surface area (Å²) in [4.78, 5) is 53.2. The maximum atomic E-state index is 12.8. The summed E-state index contributed by atoms with van der Waals surface area (Å²) in [5.41, 5.74) is 3.18. The van der Waals surface area contributed by atoms with E-state index in [0.717, 1.165) is 16.0 Å². The summed E-state index contributed by atoms with van der Waals surface area (Å²) in [7, 11) is 0. The van der Waals surface area contributed by atoms with E-state index in [1.165, 1.54) is 12.1 Å². The number of anilines is 1. The lowest BCUT2D eigenvalue weighted by Crippen LogP contribution is -2.48. The van der Waals surface area contributed by atoms with Crippen LogP contribution >= 0.6 is 11.3 Å². The third kappa shape index (κ3) is 7.33. The van der Waals surface area contributed by atoms with Gasteiger partial charge in [0.05, 0.1) is 25.1 Å². The molecule has 1 fully saturated rings. The van der Waals surface area contributed by atoms with Gasteiger partial charge in [-0.2, -0.15) is 0 Å². The SMILES string of the molecule is O=C(CC1OCCN(Cc2cccs2)C1=O)Nc1ccc(C(=O)OCC(=O)c2ccc(-c3ccccc3)cc2)cc1. The van der Waals surface area contributed by atoms with Crippen LogP contribution in [0.3, 0.4) is 0 Å². The molecule has 1 aliphatic heterocycles. The van der Waals surface area contributed by atoms with Crippen molar-refractivity contribution < 1.29 is 28.7 Å². The van der Waals surface area contributed by atoms with Gasteiger partial charge in [-0.15, -0.1) is 11.3 Å². The highest BCUT2D eigenvalue weighted by atomic mass is 32.1. The van der Waals surface area contributed by atoms with Crippen molar-refractivity contribution in [3.63, 3.8) is 0 Å². The van der Waals surface area contributed by atoms with E-state index >= 15 is 0 Å². The van der Waals surface area contributed by atoms with Crippen LogP contribution in [0.25, 0.3) is 11.1 Å². The third-order valence-corrected chi connectivity index (χ3v) is 7.48. The number of ether oxygens (including phenoxy) is 2. The number of amides is 2. The van der Waals surface area contributed by atoms with Crippen molar-refractivity contribution >= 4 is 40.6 Å². The number of esters is 1. The van der Waals surface area contributed by atoms with Gasteiger partial charge in [0.25, 0.3) is 5.91 Å². The van der Waals surface area contributed by atoms with Gasteiger partial charge in [-0.05, 0) is 46.8 Å². The molecule has 4 aromatic rings. The second kappa shape index (κ2) is 13.2. The highest BCUT2D eigenvalue weighted by Crippen LogP contribution is 2.20. The zero-order valence-electron chi connectivity index (χ0n) is 22.2. The molecular formula is C32H28N2O6S. The zero-order chi connectivity index (χ0) is 28.6. The van der Waals surface area contributed by atoms with E-state index < -0.39 is 12.1 Å². The molecule has 1 unspecified atom stereocenters. The predicted molar refractivity (Wildman–Crippen MR) is 156 cm³/mol. The van der Waals surface area contributed by atoms with E-state index in [4.69, 9.17) is 9.47 Å². The van der Waals surface area contributed by atoms with Crippen LogP contribution in [-0.2, 0) is 25.6 Å². The third-order valence-electron chi connectivity index (χ3n) is 6.62. The van der Waals surface area contributed by atoms with E-state index in [9.17, 15) is 19.2 Å². The Bertz CT molecular complexity index is 1500. The molecule has 0 saturated carbocycles. The van der Waals surface area contributed by atoms with Gasteiger partial charge in [0.2, 0.25) is 5.91 Å². The summed E-state index contributed by atoms with van der Waals surface area (Å²) in [6, 6.07) is 27.0. The summed E-state index contributed by atoms with van der Waals surface area (Å²) in [5, 5.41) is 4.69. The van der Waals surface area contributed by atoms with E-state index in [1.807, 2.05) is 60.0 Å². The molecule has 3 aromatic carbocycles. The molecule has 0 radical (unpaired) electrons. The van der Waals surface area contributed by atoms with E-state index in [-0.39, 0.29) is 36.2 Å². The van der Waals surface area contributed by atoms with E-state index in [1.54, 1.807) is 40.5 Å². The second-order valence-corrected chi connectivity index (χ2v) is 10.5. The number of Topliss-reactive ketones (excluding diaryl/α,β-unsaturated/α-hetero) is 1. The van der Waals surface area contributed by atoms with E-state index in [0.29, 0.717) is 30.9 Å². The molecule has 1 aromatic heterocycles. The number of benzene rings is 3. The molecule has 1 saturated heterocycles. The summed E-state index contributed by atoms with van der Waals surface area (Å²) in [6.45, 7) is 0.967. The first kappa shape index (κ1) is 27.9.